The Morgan fingerprint density at radius 2 is 1.76 bits per heavy atom. The number of carbonyl (C=O) groups excluding carboxylic acids is 2. The van der Waals surface area contributed by atoms with Gasteiger partial charge < -0.3 is 19.3 Å². The number of benzene rings is 1. The molecule has 25 heavy (non-hydrogen) atoms. The lowest BCUT2D eigenvalue weighted by atomic mass is 10.1. The average molecular weight is 366 g/mol. The first-order valence-corrected chi connectivity index (χ1v) is 9.63. The molecule has 0 aromatic heterocycles. The molecule has 0 spiro atoms. The molecule has 1 aliphatic rings. The molecule has 2 amide bonds. The van der Waals surface area contributed by atoms with E-state index in [4.69, 9.17) is 9.47 Å². The quantitative estimate of drug-likeness (QED) is 0.692. The van der Waals surface area contributed by atoms with E-state index in [1.807, 2.05) is 4.90 Å². The minimum absolute atomic E-state index is 0.0758. The summed E-state index contributed by atoms with van der Waals surface area (Å²) >= 11 is 1.77. The molecular formula is C18H26N2O4S. The van der Waals surface area contributed by atoms with Gasteiger partial charge in [0.25, 0.3) is 5.91 Å². The fourth-order valence-corrected chi connectivity index (χ4v) is 3.37. The van der Waals surface area contributed by atoms with Crippen molar-refractivity contribution in [1.82, 2.24) is 9.80 Å². The highest BCUT2D eigenvalue weighted by Gasteiger charge is 2.26. The Morgan fingerprint density at radius 3 is 2.36 bits per heavy atom. The van der Waals surface area contributed by atoms with Crippen molar-refractivity contribution >= 4 is 23.6 Å². The lowest BCUT2D eigenvalue weighted by molar-refractivity contribution is -0.132. The molecule has 0 radical (unpaired) electrons. The van der Waals surface area contributed by atoms with Crippen molar-refractivity contribution in [3.63, 3.8) is 0 Å². The highest BCUT2D eigenvalue weighted by Crippen LogP contribution is 2.26. The molecule has 0 N–H and O–H groups in total. The van der Waals surface area contributed by atoms with Gasteiger partial charge in [-0.2, -0.15) is 11.8 Å². The predicted octanol–water partition coefficient (Wildman–Crippen LogP) is 2.13. The predicted molar refractivity (Wildman–Crippen MR) is 99.6 cm³/mol. The molecule has 1 fully saturated rings. The third-order valence-electron chi connectivity index (χ3n) is 4.22. The second-order valence-corrected chi connectivity index (χ2v) is 7.08. The minimum Gasteiger partial charge on any atom is -0.497 e. The summed E-state index contributed by atoms with van der Waals surface area (Å²) in [6.45, 7) is 4.34. The highest BCUT2D eigenvalue weighted by molar-refractivity contribution is 7.99. The lowest BCUT2D eigenvalue weighted by Gasteiger charge is -2.35. The summed E-state index contributed by atoms with van der Waals surface area (Å²) in [5.74, 6) is 3.13. The Kier molecular flexibility index (Phi) is 7.43. The first kappa shape index (κ1) is 19.4. The van der Waals surface area contributed by atoms with E-state index in [0.717, 1.165) is 11.5 Å². The number of ether oxygens (including phenoxy) is 2. The molecule has 6 nitrogen and oxygen atoms in total. The van der Waals surface area contributed by atoms with Gasteiger partial charge in [-0.15, -0.1) is 0 Å². The maximum Gasteiger partial charge on any atom is 0.257 e. The Labute approximate surface area is 153 Å². The van der Waals surface area contributed by atoms with Gasteiger partial charge in [0.05, 0.1) is 19.8 Å². The van der Waals surface area contributed by atoms with Crippen LogP contribution < -0.4 is 9.47 Å². The topological polar surface area (TPSA) is 59.1 Å². The number of hydrogen-bond acceptors (Lipinski definition) is 5. The molecule has 0 saturated carbocycles. The molecule has 1 aromatic rings. The maximum atomic E-state index is 12.8. The van der Waals surface area contributed by atoms with E-state index in [-0.39, 0.29) is 11.8 Å². The zero-order chi connectivity index (χ0) is 18.2. The standard InChI is InChI=1S/C18H26N2O4S/c1-4-25-12-7-17(21)19-8-10-20(11-9-19)18(22)15-6-5-14(23-2)13-16(15)24-3/h5-6,13H,4,7-12H2,1-3H3. The van der Waals surface area contributed by atoms with Crippen molar-refractivity contribution in [2.75, 3.05) is 51.9 Å². The van der Waals surface area contributed by atoms with E-state index in [0.29, 0.717) is 49.7 Å². The second-order valence-electron chi connectivity index (χ2n) is 5.69. The summed E-state index contributed by atoms with van der Waals surface area (Å²) in [6.07, 6.45) is 0.568. The van der Waals surface area contributed by atoms with Crippen LogP contribution in [0.1, 0.15) is 23.7 Å². The maximum absolute atomic E-state index is 12.8. The fourth-order valence-electron chi connectivity index (χ4n) is 2.77. The molecular weight excluding hydrogens is 340 g/mol. The molecule has 0 bridgehead atoms. The molecule has 1 heterocycles. The number of amides is 2. The summed E-state index contributed by atoms with van der Waals surface area (Å²) in [6, 6.07) is 5.18. The van der Waals surface area contributed by atoms with Gasteiger partial charge in [-0.25, -0.2) is 0 Å². The van der Waals surface area contributed by atoms with Gasteiger partial charge in [-0.3, -0.25) is 9.59 Å². The van der Waals surface area contributed by atoms with Crippen LogP contribution in [-0.4, -0.2) is 73.5 Å². The van der Waals surface area contributed by atoms with Crippen molar-refractivity contribution in [1.29, 1.82) is 0 Å². The van der Waals surface area contributed by atoms with Gasteiger partial charge >= 0.3 is 0 Å². The third-order valence-corrected chi connectivity index (χ3v) is 5.12. The number of carbonyl (C=O) groups is 2. The Bertz CT molecular complexity index is 601. The summed E-state index contributed by atoms with van der Waals surface area (Å²) in [5, 5.41) is 0. The molecule has 7 heteroatoms. The molecule has 0 unspecified atom stereocenters. The largest absolute Gasteiger partial charge is 0.497 e. The Balaban J connectivity index is 1.94. The number of hydrogen-bond donors (Lipinski definition) is 0. The van der Waals surface area contributed by atoms with Crippen LogP contribution in [0, 0.1) is 0 Å². The number of nitrogens with zero attached hydrogens (tertiary/aromatic N) is 2. The summed E-state index contributed by atoms with van der Waals surface area (Å²) < 4.78 is 10.5. The summed E-state index contributed by atoms with van der Waals surface area (Å²) in [5.41, 5.74) is 0.516. The van der Waals surface area contributed by atoms with Crippen LogP contribution in [0.15, 0.2) is 18.2 Å². The second kappa shape index (κ2) is 9.56. The van der Waals surface area contributed by atoms with E-state index in [1.165, 1.54) is 7.11 Å². The van der Waals surface area contributed by atoms with Crippen LogP contribution >= 0.6 is 11.8 Å². The zero-order valence-corrected chi connectivity index (χ0v) is 15.9. The van der Waals surface area contributed by atoms with Crippen molar-refractivity contribution in [3.8, 4) is 11.5 Å². The Hall–Kier alpha value is -1.89. The van der Waals surface area contributed by atoms with Crippen LogP contribution in [0.4, 0.5) is 0 Å². The van der Waals surface area contributed by atoms with Crippen molar-refractivity contribution in [3.05, 3.63) is 23.8 Å². The Morgan fingerprint density at radius 1 is 1.08 bits per heavy atom. The summed E-state index contributed by atoms with van der Waals surface area (Å²) in [7, 11) is 3.11. The third kappa shape index (κ3) is 5.04. The van der Waals surface area contributed by atoms with Gasteiger partial charge in [0.1, 0.15) is 11.5 Å². The van der Waals surface area contributed by atoms with Gasteiger partial charge in [-0.05, 0) is 17.9 Å². The van der Waals surface area contributed by atoms with Crippen LogP contribution in [-0.2, 0) is 4.79 Å². The van der Waals surface area contributed by atoms with Crippen molar-refractivity contribution in [2.45, 2.75) is 13.3 Å². The highest BCUT2D eigenvalue weighted by atomic mass is 32.2. The molecule has 0 aliphatic carbocycles. The van der Waals surface area contributed by atoms with Gasteiger partial charge in [0.15, 0.2) is 0 Å². The first-order chi connectivity index (χ1) is 12.1. The van der Waals surface area contributed by atoms with E-state index in [2.05, 4.69) is 6.92 Å². The lowest BCUT2D eigenvalue weighted by Crippen LogP contribution is -2.50. The van der Waals surface area contributed by atoms with Crippen LogP contribution in [0.3, 0.4) is 0 Å². The molecule has 1 aliphatic heterocycles. The zero-order valence-electron chi connectivity index (χ0n) is 15.1. The molecule has 138 valence electrons. The summed E-state index contributed by atoms with van der Waals surface area (Å²) in [4.78, 5) is 28.6. The number of piperazine rings is 1. The van der Waals surface area contributed by atoms with E-state index in [9.17, 15) is 9.59 Å². The molecule has 1 saturated heterocycles. The molecule has 1 aromatic carbocycles. The van der Waals surface area contributed by atoms with E-state index < -0.39 is 0 Å². The molecule has 0 atom stereocenters. The van der Waals surface area contributed by atoms with E-state index >= 15 is 0 Å². The number of methoxy groups -OCH3 is 2. The van der Waals surface area contributed by atoms with Gasteiger partial charge in [-0.1, -0.05) is 6.92 Å². The smallest absolute Gasteiger partial charge is 0.257 e. The number of rotatable bonds is 7. The molecule has 2 rings (SSSR count). The van der Waals surface area contributed by atoms with Crippen LogP contribution in [0.5, 0.6) is 11.5 Å². The van der Waals surface area contributed by atoms with Crippen molar-refractivity contribution in [2.24, 2.45) is 0 Å². The normalized spacial score (nSPS) is 14.4. The first-order valence-electron chi connectivity index (χ1n) is 8.47. The number of thioether (sulfide) groups is 1. The monoisotopic (exact) mass is 366 g/mol. The van der Waals surface area contributed by atoms with Gasteiger partial charge in [0, 0.05) is 44.4 Å². The SMILES string of the molecule is CCSCCC(=O)N1CCN(C(=O)c2ccc(OC)cc2OC)CC1. The minimum atomic E-state index is -0.0758. The van der Waals surface area contributed by atoms with E-state index in [1.54, 1.807) is 42.0 Å². The van der Waals surface area contributed by atoms with Crippen molar-refractivity contribution < 1.29 is 19.1 Å². The average Bonchev–Trinajstić information content (AvgIpc) is 2.67. The van der Waals surface area contributed by atoms with Crippen LogP contribution in [0.2, 0.25) is 0 Å². The van der Waals surface area contributed by atoms with Crippen LogP contribution in [0.25, 0.3) is 0 Å². The fraction of sp³-hybridized carbons (Fsp3) is 0.556. The van der Waals surface area contributed by atoms with Gasteiger partial charge in [0.2, 0.25) is 5.91 Å².